The molecule has 174 valence electrons. The lowest BCUT2D eigenvalue weighted by Crippen LogP contribution is -2.38. The van der Waals surface area contributed by atoms with Gasteiger partial charge in [-0.2, -0.15) is 0 Å². The number of amides is 1. The van der Waals surface area contributed by atoms with Gasteiger partial charge in [0.25, 0.3) is 5.56 Å². The Bertz CT molecular complexity index is 971. The first kappa shape index (κ1) is 25.0. The van der Waals surface area contributed by atoms with Crippen molar-refractivity contribution in [3.8, 4) is 0 Å². The predicted octanol–water partition coefficient (Wildman–Crippen LogP) is 3.91. The number of nitrogens with zero attached hydrogens (tertiary/aromatic N) is 3. The molecule has 1 saturated heterocycles. The summed E-state index contributed by atoms with van der Waals surface area (Å²) >= 11 is 4.84. The maximum atomic E-state index is 13.1. The highest BCUT2D eigenvalue weighted by Gasteiger charge is 2.23. The van der Waals surface area contributed by atoms with Gasteiger partial charge >= 0.3 is 0 Å². The molecule has 2 heterocycles. The summed E-state index contributed by atoms with van der Waals surface area (Å²) in [4.78, 5) is 33.1. The van der Waals surface area contributed by atoms with Crippen molar-refractivity contribution in [3.05, 3.63) is 55.9 Å². The van der Waals surface area contributed by atoms with Gasteiger partial charge in [0.05, 0.1) is 5.25 Å². The van der Waals surface area contributed by atoms with Crippen LogP contribution in [0.25, 0.3) is 0 Å². The second-order valence-electron chi connectivity index (χ2n) is 8.36. The van der Waals surface area contributed by atoms with E-state index in [9.17, 15) is 9.59 Å². The van der Waals surface area contributed by atoms with Crippen LogP contribution in [0, 0.1) is 6.92 Å². The van der Waals surface area contributed by atoms with E-state index in [4.69, 9.17) is 4.98 Å². The average Bonchev–Trinajstić information content (AvgIpc) is 3.29. The van der Waals surface area contributed by atoms with E-state index in [1.807, 2.05) is 31.2 Å². The highest BCUT2D eigenvalue weighted by atomic mass is 79.9. The number of nitrogens with one attached hydrogen (secondary N) is 1. The molecule has 1 aliphatic heterocycles. The van der Waals surface area contributed by atoms with Crippen LogP contribution in [-0.4, -0.2) is 51.8 Å². The van der Waals surface area contributed by atoms with Crippen LogP contribution in [0.2, 0.25) is 0 Å². The Hall–Kier alpha value is -1.64. The van der Waals surface area contributed by atoms with Crippen LogP contribution >= 0.6 is 27.7 Å². The number of halogens is 1. The summed E-state index contributed by atoms with van der Waals surface area (Å²) in [5.74, 6) is 0.0295. The average molecular weight is 522 g/mol. The number of carbonyl (C=O) groups excluding carboxylic acids is 1. The number of aromatic nitrogens is 2. The van der Waals surface area contributed by atoms with Crippen LogP contribution in [0.4, 0.5) is 0 Å². The molecule has 1 atom stereocenters. The standard InChI is InChI=1S/C24H33BrN4O2S/c1-4-7-21(22(30)26-12-15-29-13-5-6-14-29)32-24-27-17(2)20(23(31)28(24)3)16-18-8-10-19(25)11-9-18/h8-11,21H,4-7,12-16H2,1-3H3,(H,26,30). The smallest absolute Gasteiger partial charge is 0.257 e. The van der Waals surface area contributed by atoms with Crippen molar-refractivity contribution in [1.82, 2.24) is 19.8 Å². The van der Waals surface area contributed by atoms with E-state index in [1.54, 1.807) is 11.6 Å². The van der Waals surface area contributed by atoms with Gasteiger partial charge in [0.2, 0.25) is 5.91 Å². The summed E-state index contributed by atoms with van der Waals surface area (Å²) in [6.07, 6.45) is 4.68. The van der Waals surface area contributed by atoms with Crippen LogP contribution in [0.5, 0.6) is 0 Å². The van der Waals surface area contributed by atoms with Crippen LogP contribution in [0.15, 0.2) is 38.7 Å². The van der Waals surface area contributed by atoms with Crippen LogP contribution in [0.3, 0.4) is 0 Å². The van der Waals surface area contributed by atoms with Gasteiger partial charge in [-0.25, -0.2) is 4.98 Å². The van der Waals surface area contributed by atoms with Gasteiger partial charge in [-0.05, 0) is 57.0 Å². The summed E-state index contributed by atoms with van der Waals surface area (Å²) < 4.78 is 2.60. The number of rotatable bonds is 10. The van der Waals surface area contributed by atoms with Gasteiger partial charge in [0.15, 0.2) is 5.16 Å². The van der Waals surface area contributed by atoms with Crippen molar-refractivity contribution in [3.63, 3.8) is 0 Å². The Morgan fingerprint density at radius 3 is 2.59 bits per heavy atom. The second kappa shape index (κ2) is 12.0. The number of aryl methyl sites for hydroxylation is 1. The number of carbonyl (C=O) groups is 1. The zero-order valence-corrected chi connectivity index (χ0v) is 21.6. The molecule has 1 fully saturated rings. The van der Waals surface area contributed by atoms with E-state index in [2.05, 4.69) is 33.1 Å². The summed E-state index contributed by atoms with van der Waals surface area (Å²) in [6.45, 7) is 7.77. The van der Waals surface area contributed by atoms with Crippen molar-refractivity contribution in [1.29, 1.82) is 0 Å². The maximum Gasteiger partial charge on any atom is 0.257 e. The lowest BCUT2D eigenvalue weighted by molar-refractivity contribution is -0.120. The molecular weight excluding hydrogens is 488 g/mol. The summed E-state index contributed by atoms with van der Waals surface area (Å²) in [7, 11) is 1.75. The Morgan fingerprint density at radius 1 is 1.25 bits per heavy atom. The fourth-order valence-corrected chi connectivity index (χ4v) is 5.43. The maximum absolute atomic E-state index is 13.1. The van der Waals surface area contributed by atoms with Gasteiger partial charge in [-0.1, -0.05) is 53.2 Å². The van der Waals surface area contributed by atoms with Gasteiger partial charge in [-0.3, -0.25) is 14.2 Å². The number of likely N-dealkylation sites (tertiary alicyclic amines) is 1. The molecule has 0 aliphatic carbocycles. The molecule has 0 radical (unpaired) electrons. The Balaban J connectivity index is 1.69. The van der Waals surface area contributed by atoms with E-state index < -0.39 is 0 Å². The topological polar surface area (TPSA) is 67.2 Å². The highest BCUT2D eigenvalue weighted by molar-refractivity contribution is 9.10. The first-order valence-electron chi connectivity index (χ1n) is 11.4. The molecule has 6 nitrogen and oxygen atoms in total. The van der Waals surface area contributed by atoms with Crippen LogP contribution in [-0.2, 0) is 18.3 Å². The number of hydrogen-bond donors (Lipinski definition) is 1. The van der Waals surface area contributed by atoms with E-state index in [0.717, 1.165) is 48.2 Å². The minimum absolute atomic E-state index is 0.0295. The third-order valence-electron chi connectivity index (χ3n) is 5.86. The first-order valence-corrected chi connectivity index (χ1v) is 13.0. The molecule has 0 bridgehead atoms. The molecule has 1 aromatic carbocycles. The Morgan fingerprint density at radius 2 is 1.94 bits per heavy atom. The number of hydrogen-bond acceptors (Lipinski definition) is 5. The second-order valence-corrected chi connectivity index (χ2v) is 10.4. The van der Waals surface area contributed by atoms with Gasteiger partial charge in [0, 0.05) is 42.3 Å². The van der Waals surface area contributed by atoms with Crippen LogP contribution < -0.4 is 10.9 Å². The Kier molecular flexibility index (Phi) is 9.37. The molecular formula is C24H33BrN4O2S. The zero-order valence-electron chi connectivity index (χ0n) is 19.2. The number of thioether (sulfide) groups is 1. The molecule has 1 aromatic heterocycles. The van der Waals surface area contributed by atoms with Crippen molar-refractivity contribution in [2.45, 2.75) is 56.4 Å². The fraction of sp³-hybridized carbons (Fsp3) is 0.542. The van der Waals surface area contributed by atoms with E-state index in [-0.39, 0.29) is 16.7 Å². The van der Waals surface area contributed by atoms with Crippen molar-refractivity contribution in [2.75, 3.05) is 26.2 Å². The fourth-order valence-electron chi connectivity index (χ4n) is 3.94. The van der Waals surface area contributed by atoms with E-state index in [1.165, 1.54) is 24.6 Å². The van der Waals surface area contributed by atoms with Crippen molar-refractivity contribution >= 4 is 33.6 Å². The zero-order chi connectivity index (χ0) is 23.1. The third kappa shape index (κ3) is 6.68. The molecule has 3 rings (SSSR count). The van der Waals surface area contributed by atoms with E-state index in [0.29, 0.717) is 23.7 Å². The monoisotopic (exact) mass is 520 g/mol. The molecule has 1 N–H and O–H groups in total. The predicted molar refractivity (Wildman–Crippen MR) is 134 cm³/mol. The molecule has 0 saturated carbocycles. The van der Waals surface area contributed by atoms with Gasteiger partial charge in [0.1, 0.15) is 0 Å². The molecule has 32 heavy (non-hydrogen) atoms. The summed E-state index contributed by atoms with van der Waals surface area (Å²) in [5.41, 5.74) is 2.44. The minimum atomic E-state index is -0.256. The SMILES string of the molecule is CCCC(Sc1nc(C)c(Cc2ccc(Br)cc2)c(=O)n1C)C(=O)NCCN1CCCC1. The van der Waals surface area contributed by atoms with Crippen molar-refractivity contribution < 1.29 is 4.79 Å². The molecule has 1 unspecified atom stereocenters. The molecule has 8 heteroatoms. The van der Waals surface area contributed by atoms with Crippen LogP contribution in [0.1, 0.15) is 49.4 Å². The molecule has 1 amide bonds. The molecule has 1 aliphatic rings. The van der Waals surface area contributed by atoms with Gasteiger partial charge in [-0.15, -0.1) is 0 Å². The van der Waals surface area contributed by atoms with E-state index >= 15 is 0 Å². The van der Waals surface area contributed by atoms with Gasteiger partial charge < -0.3 is 10.2 Å². The molecule has 2 aromatic rings. The Labute approximate surface area is 203 Å². The normalized spacial score (nSPS) is 15.1. The highest BCUT2D eigenvalue weighted by Crippen LogP contribution is 2.25. The first-order chi connectivity index (χ1) is 15.4. The quantitative estimate of drug-likeness (QED) is 0.379. The molecule has 0 spiro atoms. The number of benzene rings is 1. The minimum Gasteiger partial charge on any atom is -0.354 e. The van der Waals surface area contributed by atoms with Crippen molar-refractivity contribution in [2.24, 2.45) is 7.05 Å². The largest absolute Gasteiger partial charge is 0.354 e. The summed E-state index contributed by atoms with van der Waals surface area (Å²) in [6, 6.07) is 7.97. The lowest BCUT2D eigenvalue weighted by Gasteiger charge is -2.19. The summed E-state index contributed by atoms with van der Waals surface area (Å²) in [5, 5.41) is 3.43. The lowest BCUT2D eigenvalue weighted by atomic mass is 10.1. The third-order valence-corrected chi connectivity index (χ3v) is 7.70.